The van der Waals surface area contributed by atoms with Crippen LogP contribution in [0.2, 0.25) is 5.02 Å². The highest BCUT2D eigenvalue weighted by atomic mass is 35.5. The molecule has 1 atom stereocenters. The minimum atomic E-state index is -0.330. The minimum absolute atomic E-state index is 0.142. The normalized spacial score (nSPS) is 12.2. The number of carbonyl (C=O) groups excluding carboxylic acids is 1. The van der Waals surface area contributed by atoms with Gasteiger partial charge in [0, 0.05) is 17.3 Å². The van der Waals surface area contributed by atoms with Crippen LogP contribution in [0.3, 0.4) is 0 Å². The van der Waals surface area contributed by atoms with E-state index in [1.54, 1.807) is 0 Å². The van der Waals surface area contributed by atoms with Gasteiger partial charge in [0.05, 0.1) is 6.04 Å². The van der Waals surface area contributed by atoms with Crippen LogP contribution in [0, 0.1) is 5.82 Å². The van der Waals surface area contributed by atoms with E-state index in [2.05, 4.69) is 5.32 Å². The van der Waals surface area contributed by atoms with Gasteiger partial charge in [-0.25, -0.2) is 4.39 Å². The molecule has 0 fully saturated rings. The quantitative estimate of drug-likeness (QED) is 0.905. The molecule has 0 aliphatic carbocycles. The van der Waals surface area contributed by atoms with E-state index in [0.29, 0.717) is 17.3 Å². The molecule has 5 heteroatoms. The number of anilines is 1. The van der Waals surface area contributed by atoms with Crippen LogP contribution in [0.15, 0.2) is 48.5 Å². The maximum atomic E-state index is 12.9. The summed E-state index contributed by atoms with van der Waals surface area (Å²) in [4.78, 5) is 14.1. The van der Waals surface area contributed by atoms with Gasteiger partial charge in [-0.05, 0) is 55.9 Å². The molecule has 0 aromatic heterocycles. The number of hydrogen-bond donors (Lipinski definition) is 1. The van der Waals surface area contributed by atoms with Crippen molar-refractivity contribution in [3.8, 4) is 0 Å². The van der Waals surface area contributed by atoms with Crippen molar-refractivity contribution in [1.82, 2.24) is 4.90 Å². The monoisotopic (exact) mass is 320 g/mol. The molecule has 1 amide bonds. The van der Waals surface area contributed by atoms with Crippen molar-refractivity contribution in [1.29, 1.82) is 0 Å². The largest absolute Gasteiger partial charge is 0.325 e. The van der Waals surface area contributed by atoms with Crippen LogP contribution in [-0.2, 0) is 11.3 Å². The summed E-state index contributed by atoms with van der Waals surface area (Å²) in [6, 6.07) is 12.9. The Hall–Kier alpha value is -1.91. The topological polar surface area (TPSA) is 32.3 Å². The minimum Gasteiger partial charge on any atom is -0.325 e. The summed E-state index contributed by atoms with van der Waals surface area (Å²) in [7, 11) is 1.87. The zero-order valence-electron chi connectivity index (χ0n) is 12.5. The van der Waals surface area contributed by atoms with Crippen molar-refractivity contribution in [3.63, 3.8) is 0 Å². The Balaban J connectivity index is 1.95. The second kappa shape index (κ2) is 7.38. The van der Waals surface area contributed by atoms with Crippen LogP contribution in [0.5, 0.6) is 0 Å². The molecule has 1 N–H and O–H groups in total. The summed E-state index contributed by atoms with van der Waals surface area (Å²) < 4.78 is 12.9. The Morgan fingerprint density at radius 3 is 2.59 bits per heavy atom. The van der Waals surface area contributed by atoms with Gasteiger partial charge >= 0.3 is 0 Å². The molecule has 0 heterocycles. The molecule has 22 heavy (non-hydrogen) atoms. The van der Waals surface area contributed by atoms with Crippen LogP contribution in [0.25, 0.3) is 0 Å². The Kier molecular flexibility index (Phi) is 5.52. The Morgan fingerprint density at radius 2 is 1.95 bits per heavy atom. The molecule has 0 unspecified atom stereocenters. The highest BCUT2D eigenvalue weighted by molar-refractivity contribution is 6.30. The maximum absolute atomic E-state index is 12.9. The molecular weight excluding hydrogens is 303 g/mol. The van der Waals surface area contributed by atoms with E-state index in [1.165, 1.54) is 24.3 Å². The summed E-state index contributed by atoms with van der Waals surface area (Å²) in [5.74, 6) is -0.472. The summed E-state index contributed by atoms with van der Waals surface area (Å²) in [6.45, 7) is 2.43. The van der Waals surface area contributed by atoms with Crippen LogP contribution < -0.4 is 5.32 Å². The molecule has 0 aliphatic rings. The summed E-state index contributed by atoms with van der Waals surface area (Å²) in [6.07, 6.45) is 0. The van der Waals surface area contributed by atoms with Crippen molar-refractivity contribution < 1.29 is 9.18 Å². The van der Waals surface area contributed by atoms with Gasteiger partial charge in [0.2, 0.25) is 5.91 Å². The van der Waals surface area contributed by atoms with E-state index in [0.717, 1.165) is 5.56 Å². The number of carbonyl (C=O) groups is 1. The number of amides is 1. The highest BCUT2D eigenvalue weighted by Crippen LogP contribution is 2.14. The SMILES string of the molecule is C[C@H](C(=O)Nc1ccc(F)cc1)N(C)Cc1cccc(Cl)c1. The predicted molar refractivity (Wildman–Crippen MR) is 87.4 cm³/mol. The highest BCUT2D eigenvalue weighted by Gasteiger charge is 2.18. The summed E-state index contributed by atoms with van der Waals surface area (Å²) in [5, 5.41) is 3.45. The third kappa shape index (κ3) is 4.55. The van der Waals surface area contributed by atoms with Gasteiger partial charge in [-0.1, -0.05) is 23.7 Å². The second-order valence-corrected chi connectivity index (χ2v) is 5.65. The average Bonchev–Trinajstić information content (AvgIpc) is 2.48. The first-order valence-corrected chi connectivity index (χ1v) is 7.34. The lowest BCUT2D eigenvalue weighted by Crippen LogP contribution is -2.39. The third-order valence-electron chi connectivity index (χ3n) is 3.47. The van der Waals surface area contributed by atoms with Gasteiger partial charge in [-0.2, -0.15) is 0 Å². The number of nitrogens with zero attached hydrogens (tertiary/aromatic N) is 1. The number of hydrogen-bond acceptors (Lipinski definition) is 2. The number of halogens is 2. The van der Waals surface area contributed by atoms with Crippen molar-refractivity contribution in [2.24, 2.45) is 0 Å². The number of nitrogens with one attached hydrogen (secondary N) is 1. The molecule has 0 saturated heterocycles. The molecule has 0 aliphatic heterocycles. The smallest absolute Gasteiger partial charge is 0.241 e. The maximum Gasteiger partial charge on any atom is 0.241 e. The standard InChI is InChI=1S/C17H18ClFN2O/c1-12(17(22)20-16-8-6-15(19)7-9-16)21(2)11-13-4-3-5-14(18)10-13/h3-10,12H,11H2,1-2H3,(H,20,22)/t12-/m1/s1. The van der Waals surface area contributed by atoms with E-state index < -0.39 is 0 Å². The first kappa shape index (κ1) is 16.5. The van der Waals surface area contributed by atoms with E-state index in [9.17, 15) is 9.18 Å². The van der Waals surface area contributed by atoms with Gasteiger partial charge in [-0.3, -0.25) is 9.69 Å². The van der Waals surface area contributed by atoms with Crippen molar-refractivity contribution >= 4 is 23.2 Å². The molecule has 0 saturated carbocycles. The van der Waals surface area contributed by atoms with Gasteiger partial charge < -0.3 is 5.32 Å². The van der Waals surface area contributed by atoms with E-state index >= 15 is 0 Å². The van der Waals surface area contributed by atoms with Crippen LogP contribution in [0.4, 0.5) is 10.1 Å². The summed E-state index contributed by atoms with van der Waals surface area (Å²) in [5.41, 5.74) is 1.62. The lowest BCUT2D eigenvalue weighted by molar-refractivity contribution is -0.120. The van der Waals surface area contributed by atoms with Gasteiger partial charge in [0.1, 0.15) is 5.82 Å². The van der Waals surface area contributed by atoms with Gasteiger partial charge in [0.15, 0.2) is 0 Å². The lowest BCUT2D eigenvalue weighted by atomic mass is 10.2. The number of rotatable bonds is 5. The Bertz CT molecular complexity index is 645. The molecule has 3 nitrogen and oxygen atoms in total. The first-order valence-electron chi connectivity index (χ1n) is 6.97. The molecule has 2 aromatic rings. The fraction of sp³-hybridized carbons (Fsp3) is 0.235. The molecule has 0 spiro atoms. The van der Waals surface area contributed by atoms with Gasteiger partial charge in [-0.15, -0.1) is 0 Å². The van der Waals surface area contributed by atoms with Crippen LogP contribution in [-0.4, -0.2) is 23.9 Å². The molecule has 2 rings (SSSR count). The Labute approximate surface area is 134 Å². The Morgan fingerprint density at radius 1 is 1.27 bits per heavy atom. The van der Waals surface area contributed by atoms with E-state index in [1.807, 2.05) is 43.1 Å². The zero-order valence-corrected chi connectivity index (χ0v) is 13.3. The van der Waals surface area contributed by atoms with Gasteiger partial charge in [0.25, 0.3) is 0 Å². The van der Waals surface area contributed by atoms with E-state index in [-0.39, 0.29) is 17.8 Å². The van der Waals surface area contributed by atoms with Crippen molar-refractivity contribution in [2.75, 3.05) is 12.4 Å². The lowest BCUT2D eigenvalue weighted by Gasteiger charge is -2.24. The second-order valence-electron chi connectivity index (χ2n) is 5.22. The average molecular weight is 321 g/mol. The molecular formula is C17H18ClFN2O. The van der Waals surface area contributed by atoms with Crippen LogP contribution >= 0.6 is 11.6 Å². The van der Waals surface area contributed by atoms with Crippen molar-refractivity contribution in [3.05, 3.63) is 64.9 Å². The predicted octanol–water partition coefficient (Wildman–Crippen LogP) is 3.94. The van der Waals surface area contributed by atoms with Crippen molar-refractivity contribution in [2.45, 2.75) is 19.5 Å². The number of likely N-dealkylation sites (N-methyl/N-ethyl adjacent to an activating group) is 1. The molecule has 116 valence electrons. The first-order chi connectivity index (χ1) is 10.5. The number of benzene rings is 2. The van der Waals surface area contributed by atoms with Crippen LogP contribution in [0.1, 0.15) is 12.5 Å². The summed E-state index contributed by atoms with van der Waals surface area (Å²) >= 11 is 5.96. The molecule has 0 bridgehead atoms. The molecule has 0 radical (unpaired) electrons. The fourth-order valence-electron chi connectivity index (χ4n) is 2.04. The van der Waals surface area contributed by atoms with E-state index in [4.69, 9.17) is 11.6 Å². The fourth-order valence-corrected chi connectivity index (χ4v) is 2.25. The zero-order chi connectivity index (χ0) is 16.1. The molecule has 2 aromatic carbocycles. The third-order valence-corrected chi connectivity index (χ3v) is 3.71.